The van der Waals surface area contributed by atoms with Crippen LogP contribution in [0.15, 0.2) is 48.5 Å². The molecule has 2 aliphatic carbocycles. The number of rotatable bonds is 5. The van der Waals surface area contributed by atoms with Crippen LogP contribution in [0.4, 0.5) is 17.6 Å². The van der Waals surface area contributed by atoms with Crippen LogP contribution in [-0.4, -0.2) is 29.9 Å². The Kier molecular flexibility index (Phi) is 6.26. The molecule has 1 N–H and O–H groups in total. The molecule has 0 bridgehead atoms. The highest BCUT2D eigenvalue weighted by Gasteiger charge is 2.53. The van der Waals surface area contributed by atoms with Crippen LogP contribution in [0, 0.1) is 17.2 Å². The number of hydrogen-bond donors (Lipinski definition) is 1. The fraction of sp³-hybridized carbons (Fsp3) is 0.483. The number of alkyl halides is 3. The van der Waals surface area contributed by atoms with Crippen molar-refractivity contribution in [2.45, 2.75) is 63.7 Å². The summed E-state index contributed by atoms with van der Waals surface area (Å²) in [5, 5.41) is 2.78. The molecule has 5 rings (SSSR count). The van der Waals surface area contributed by atoms with E-state index in [-0.39, 0.29) is 23.4 Å². The largest absolute Gasteiger partial charge is 0.416 e. The summed E-state index contributed by atoms with van der Waals surface area (Å²) in [6.45, 7) is 6.10. The van der Waals surface area contributed by atoms with Gasteiger partial charge in [-0.15, -0.1) is 0 Å². The van der Waals surface area contributed by atoms with E-state index in [9.17, 15) is 22.4 Å². The molecule has 2 aromatic rings. The summed E-state index contributed by atoms with van der Waals surface area (Å²) in [5.41, 5.74) is 1.34. The van der Waals surface area contributed by atoms with Crippen LogP contribution in [0.5, 0.6) is 0 Å². The highest BCUT2D eigenvalue weighted by atomic mass is 19.4. The van der Waals surface area contributed by atoms with E-state index in [0.717, 1.165) is 44.5 Å². The van der Waals surface area contributed by atoms with E-state index >= 15 is 0 Å². The van der Waals surface area contributed by atoms with Gasteiger partial charge in [-0.05, 0) is 73.0 Å². The van der Waals surface area contributed by atoms with Gasteiger partial charge in [0.05, 0.1) is 11.0 Å². The van der Waals surface area contributed by atoms with Gasteiger partial charge < -0.3 is 5.32 Å². The first-order chi connectivity index (χ1) is 17.1. The number of hydrogen-bond acceptors (Lipinski definition) is 2. The second-order valence-electron chi connectivity index (χ2n) is 10.8. The molecule has 2 aromatic carbocycles. The predicted molar refractivity (Wildman–Crippen MR) is 132 cm³/mol. The van der Waals surface area contributed by atoms with Crippen molar-refractivity contribution in [2.24, 2.45) is 11.3 Å². The van der Waals surface area contributed by atoms with Crippen LogP contribution >= 0.6 is 0 Å². The van der Waals surface area contributed by atoms with Crippen LogP contribution in [0.2, 0.25) is 0 Å². The standard InChI is InChI=1S/C29H32F4N2O/c1-3-27(26(36)34-17-20-12-22(29(31,32)33)14-23(30)13-20)15-24(16-27)35-11-10-28(19(2)18-35)9-8-21-6-4-5-7-25(21)28/h4-9,12-14,19,24H,3,10-11,15-18H2,1-2H3,(H,34,36)/t19-,24?,27?,28?/m0/s1. The Bertz CT molecular complexity index is 1180. The number of fused-ring (bicyclic) bond motifs is 2. The molecule has 7 heteroatoms. The molecule has 1 aliphatic heterocycles. The Hall–Kier alpha value is -2.67. The molecule has 2 fully saturated rings. The second-order valence-corrected chi connectivity index (χ2v) is 10.8. The maximum absolute atomic E-state index is 13.7. The summed E-state index contributed by atoms with van der Waals surface area (Å²) in [5.74, 6) is -0.666. The molecular formula is C29H32F4N2O. The maximum Gasteiger partial charge on any atom is 0.416 e. The Morgan fingerprint density at radius 1 is 1.17 bits per heavy atom. The number of halogens is 4. The highest BCUT2D eigenvalue weighted by Crippen LogP contribution is 2.51. The van der Waals surface area contributed by atoms with Gasteiger partial charge in [0.1, 0.15) is 5.82 Å². The molecule has 3 aliphatic rings. The second kappa shape index (κ2) is 9.02. The predicted octanol–water partition coefficient (Wildman–Crippen LogP) is 6.33. The molecule has 1 heterocycles. The number of nitrogens with one attached hydrogen (secondary N) is 1. The Morgan fingerprint density at radius 2 is 1.92 bits per heavy atom. The van der Waals surface area contributed by atoms with E-state index in [1.54, 1.807) is 0 Å². The minimum atomic E-state index is -4.63. The van der Waals surface area contributed by atoms with Gasteiger partial charge in [-0.3, -0.25) is 9.69 Å². The molecule has 192 valence electrons. The van der Waals surface area contributed by atoms with E-state index < -0.39 is 23.0 Å². The number of likely N-dealkylation sites (tertiary alicyclic amines) is 1. The molecule has 1 spiro atoms. The van der Waals surface area contributed by atoms with Gasteiger partial charge >= 0.3 is 6.18 Å². The molecule has 2 atom stereocenters. The summed E-state index contributed by atoms with van der Waals surface area (Å²) in [4.78, 5) is 15.6. The number of benzene rings is 2. The average Bonchev–Trinajstić information content (AvgIpc) is 3.18. The Morgan fingerprint density at radius 3 is 2.61 bits per heavy atom. The number of amides is 1. The number of nitrogens with zero attached hydrogens (tertiary/aromatic N) is 1. The minimum Gasteiger partial charge on any atom is -0.352 e. The summed E-state index contributed by atoms with van der Waals surface area (Å²) >= 11 is 0. The lowest BCUT2D eigenvalue weighted by Crippen LogP contribution is -2.60. The molecule has 1 saturated heterocycles. The zero-order valence-electron chi connectivity index (χ0n) is 20.7. The van der Waals surface area contributed by atoms with Gasteiger partial charge in [0, 0.05) is 24.5 Å². The average molecular weight is 501 g/mol. The zero-order valence-corrected chi connectivity index (χ0v) is 20.7. The van der Waals surface area contributed by atoms with Crippen molar-refractivity contribution in [2.75, 3.05) is 13.1 Å². The van der Waals surface area contributed by atoms with E-state index in [1.165, 1.54) is 11.1 Å². The van der Waals surface area contributed by atoms with Crippen molar-refractivity contribution in [3.8, 4) is 0 Å². The summed E-state index contributed by atoms with van der Waals surface area (Å²) in [7, 11) is 0. The molecule has 1 saturated carbocycles. The normalized spacial score (nSPS) is 29.7. The third-order valence-corrected chi connectivity index (χ3v) is 8.89. The first-order valence-corrected chi connectivity index (χ1v) is 12.7. The van der Waals surface area contributed by atoms with Crippen LogP contribution in [0.3, 0.4) is 0 Å². The lowest BCUT2D eigenvalue weighted by atomic mass is 9.61. The number of carbonyl (C=O) groups excluding carboxylic acids is 1. The highest BCUT2D eigenvalue weighted by molar-refractivity contribution is 5.83. The summed E-state index contributed by atoms with van der Waals surface area (Å²) in [6.07, 6.45) is 3.17. The van der Waals surface area contributed by atoms with E-state index in [1.807, 2.05) is 6.92 Å². The quantitative estimate of drug-likeness (QED) is 0.487. The third-order valence-electron chi connectivity index (χ3n) is 8.89. The number of piperidine rings is 1. The number of allylic oxidation sites excluding steroid dienone is 1. The van der Waals surface area contributed by atoms with Crippen molar-refractivity contribution < 1.29 is 22.4 Å². The first kappa shape index (κ1) is 25.0. The smallest absolute Gasteiger partial charge is 0.352 e. The summed E-state index contributed by atoms with van der Waals surface area (Å²) < 4.78 is 52.7. The molecular weight excluding hydrogens is 468 g/mol. The van der Waals surface area contributed by atoms with Crippen molar-refractivity contribution in [3.05, 3.63) is 76.6 Å². The first-order valence-electron chi connectivity index (χ1n) is 12.7. The summed E-state index contributed by atoms with van der Waals surface area (Å²) in [6, 6.07) is 11.3. The molecule has 1 amide bonds. The van der Waals surface area contributed by atoms with E-state index in [0.29, 0.717) is 24.4 Å². The lowest BCUT2D eigenvalue weighted by Gasteiger charge is -2.54. The molecule has 1 unspecified atom stereocenters. The third kappa shape index (κ3) is 4.25. The van der Waals surface area contributed by atoms with Crippen LogP contribution < -0.4 is 5.32 Å². The molecule has 0 aromatic heterocycles. The van der Waals surface area contributed by atoms with Gasteiger partial charge in [0.2, 0.25) is 5.91 Å². The zero-order chi connectivity index (χ0) is 25.7. The van der Waals surface area contributed by atoms with Crippen LogP contribution in [-0.2, 0) is 22.9 Å². The van der Waals surface area contributed by atoms with Crippen molar-refractivity contribution >= 4 is 12.0 Å². The van der Waals surface area contributed by atoms with E-state index in [4.69, 9.17) is 0 Å². The van der Waals surface area contributed by atoms with E-state index in [2.05, 4.69) is 53.6 Å². The topological polar surface area (TPSA) is 32.3 Å². The van der Waals surface area contributed by atoms with Crippen molar-refractivity contribution in [1.29, 1.82) is 0 Å². The van der Waals surface area contributed by atoms with Gasteiger partial charge in [0.25, 0.3) is 0 Å². The Labute approximate surface area is 209 Å². The molecule has 3 nitrogen and oxygen atoms in total. The van der Waals surface area contributed by atoms with Crippen molar-refractivity contribution in [1.82, 2.24) is 10.2 Å². The van der Waals surface area contributed by atoms with Gasteiger partial charge in [-0.1, -0.05) is 50.3 Å². The Balaban J connectivity index is 1.20. The molecule has 0 radical (unpaired) electrons. The minimum absolute atomic E-state index is 0.0796. The van der Waals surface area contributed by atoms with Gasteiger partial charge in [-0.25, -0.2) is 4.39 Å². The van der Waals surface area contributed by atoms with Crippen LogP contribution in [0.25, 0.3) is 6.08 Å². The monoisotopic (exact) mass is 500 g/mol. The fourth-order valence-electron chi connectivity index (χ4n) is 6.58. The van der Waals surface area contributed by atoms with Crippen molar-refractivity contribution in [3.63, 3.8) is 0 Å². The van der Waals surface area contributed by atoms with Gasteiger partial charge in [-0.2, -0.15) is 13.2 Å². The van der Waals surface area contributed by atoms with Crippen LogP contribution in [0.1, 0.15) is 61.8 Å². The molecule has 36 heavy (non-hydrogen) atoms. The van der Waals surface area contributed by atoms with Gasteiger partial charge in [0.15, 0.2) is 0 Å². The number of carbonyl (C=O) groups is 1. The lowest BCUT2D eigenvalue weighted by molar-refractivity contribution is -0.142. The fourth-order valence-corrected chi connectivity index (χ4v) is 6.58. The maximum atomic E-state index is 13.7. The SMILES string of the molecule is CCC1(C(=O)NCc2cc(F)cc(C(F)(F)F)c2)CC(N2CCC3(C=Cc4ccccc43)[C@@H](C)C2)C1.